The van der Waals surface area contributed by atoms with Crippen LogP contribution in [0.3, 0.4) is 0 Å². The van der Waals surface area contributed by atoms with E-state index in [9.17, 15) is 4.79 Å². The molecule has 23 heavy (non-hydrogen) atoms. The maximum absolute atomic E-state index is 12.5. The van der Waals surface area contributed by atoms with E-state index < -0.39 is 0 Å². The minimum atomic E-state index is 0.168. The lowest BCUT2D eigenvalue weighted by molar-refractivity contribution is -0.111. The molecule has 0 aliphatic heterocycles. The Balaban J connectivity index is 1.80. The summed E-state index contributed by atoms with van der Waals surface area (Å²) in [5.41, 5.74) is 5.13. The number of rotatable bonds is 3. The molecule has 1 aliphatic carbocycles. The van der Waals surface area contributed by atoms with Crippen LogP contribution in [0, 0.1) is 6.92 Å². The monoisotopic (exact) mass is 304 g/mol. The van der Waals surface area contributed by atoms with Crippen LogP contribution < -0.4 is 4.74 Å². The smallest absolute Gasteiger partial charge is 0.185 e. The average Bonchev–Trinajstić information content (AvgIpc) is 2.91. The fraction of sp³-hybridized carbons (Fsp3) is 0.190. The van der Waals surface area contributed by atoms with Gasteiger partial charge in [-0.1, -0.05) is 42.0 Å². The van der Waals surface area contributed by atoms with Crippen LogP contribution in [0.2, 0.25) is 0 Å². The number of allylic oxidation sites excluding steroid dienone is 2. The highest BCUT2D eigenvalue weighted by atomic mass is 16.5. The van der Waals surface area contributed by atoms with Crippen molar-refractivity contribution in [2.45, 2.75) is 19.8 Å². The maximum atomic E-state index is 12.5. The first-order chi connectivity index (χ1) is 11.2. The molecule has 0 N–H and O–H groups in total. The minimum Gasteiger partial charge on any atom is -0.497 e. The molecule has 1 saturated carbocycles. The molecule has 0 saturated heterocycles. The third-order valence-corrected chi connectivity index (χ3v) is 4.12. The number of carbonyl (C=O) groups is 1. The number of Topliss-reactive ketones (excluding diaryl/α,β-unsaturated/α-hetero) is 1. The SMILES string of the molecule is COc1ccc(C=C2CC/C(=C\c3ccc(C)cc3)C2=O)cc1. The minimum absolute atomic E-state index is 0.168. The molecule has 0 radical (unpaired) electrons. The van der Waals surface area contributed by atoms with Gasteiger partial charge in [-0.2, -0.15) is 0 Å². The molecule has 0 atom stereocenters. The summed E-state index contributed by atoms with van der Waals surface area (Å²) in [7, 11) is 1.65. The molecule has 1 aliphatic rings. The molecular weight excluding hydrogens is 284 g/mol. The summed E-state index contributed by atoms with van der Waals surface area (Å²) in [5.74, 6) is 0.992. The van der Waals surface area contributed by atoms with Crippen LogP contribution in [-0.2, 0) is 4.79 Å². The Kier molecular flexibility index (Phi) is 4.42. The van der Waals surface area contributed by atoms with Crippen LogP contribution in [0.4, 0.5) is 0 Å². The molecule has 2 nitrogen and oxygen atoms in total. The molecule has 0 unspecified atom stereocenters. The van der Waals surface area contributed by atoms with Gasteiger partial charge < -0.3 is 4.74 Å². The fourth-order valence-electron chi connectivity index (χ4n) is 2.74. The molecule has 116 valence electrons. The van der Waals surface area contributed by atoms with Gasteiger partial charge in [-0.25, -0.2) is 0 Å². The van der Waals surface area contributed by atoms with Crippen LogP contribution in [0.25, 0.3) is 12.2 Å². The van der Waals surface area contributed by atoms with Crippen molar-refractivity contribution >= 4 is 17.9 Å². The van der Waals surface area contributed by atoms with E-state index in [4.69, 9.17) is 4.74 Å². The largest absolute Gasteiger partial charge is 0.497 e. The molecule has 0 heterocycles. The van der Waals surface area contributed by atoms with Crippen LogP contribution in [0.15, 0.2) is 59.7 Å². The quantitative estimate of drug-likeness (QED) is 0.759. The first-order valence-corrected chi connectivity index (χ1v) is 7.82. The molecule has 3 rings (SSSR count). The lowest BCUT2D eigenvalue weighted by Gasteiger charge is -2.00. The van der Waals surface area contributed by atoms with E-state index in [-0.39, 0.29) is 5.78 Å². The summed E-state index contributed by atoms with van der Waals surface area (Å²) in [5, 5.41) is 0. The van der Waals surface area contributed by atoms with Gasteiger partial charge in [0.1, 0.15) is 5.75 Å². The van der Waals surface area contributed by atoms with Crippen LogP contribution in [0.5, 0.6) is 5.75 Å². The lowest BCUT2D eigenvalue weighted by atomic mass is 10.1. The van der Waals surface area contributed by atoms with Crippen molar-refractivity contribution in [3.8, 4) is 5.75 Å². The predicted octanol–water partition coefficient (Wildman–Crippen LogP) is 4.83. The second-order valence-corrected chi connectivity index (χ2v) is 5.85. The average molecular weight is 304 g/mol. The summed E-state index contributed by atoms with van der Waals surface area (Å²) in [4.78, 5) is 12.5. The zero-order valence-corrected chi connectivity index (χ0v) is 13.5. The number of hydrogen-bond acceptors (Lipinski definition) is 2. The number of hydrogen-bond donors (Lipinski definition) is 0. The van der Waals surface area contributed by atoms with Gasteiger partial charge >= 0.3 is 0 Å². The van der Waals surface area contributed by atoms with E-state index in [1.165, 1.54) is 5.56 Å². The van der Waals surface area contributed by atoms with Crippen LogP contribution >= 0.6 is 0 Å². The Bertz CT molecular complexity index is 762. The number of ketones is 1. The second kappa shape index (κ2) is 6.66. The molecule has 0 aromatic heterocycles. The highest BCUT2D eigenvalue weighted by molar-refractivity contribution is 6.15. The van der Waals surface area contributed by atoms with Gasteiger partial charge in [0, 0.05) is 11.1 Å². The Morgan fingerprint density at radius 2 is 1.30 bits per heavy atom. The third-order valence-electron chi connectivity index (χ3n) is 4.12. The van der Waals surface area contributed by atoms with E-state index >= 15 is 0 Å². The molecule has 2 aromatic carbocycles. The number of aryl methyl sites for hydroxylation is 1. The van der Waals surface area contributed by atoms with E-state index in [1.807, 2.05) is 36.4 Å². The van der Waals surface area contributed by atoms with Crippen molar-refractivity contribution in [3.05, 3.63) is 76.4 Å². The maximum Gasteiger partial charge on any atom is 0.185 e. The van der Waals surface area contributed by atoms with Crippen molar-refractivity contribution in [2.75, 3.05) is 7.11 Å². The van der Waals surface area contributed by atoms with E-state index in [2.05, 4.69) is 31.2 Å². The highest BCUT2D eigenvalue weighted by Crippen LogP contribution is 2.29. The highest BCUT2D eigenvalue weighted by Gasteiger charge is 2.22. The first kappa shape index (κ1) is 15.3. The standard InChI is InChI=1S/C21H20O2/c1-15-3-5-16(6-4-15)13-18-9-10-19(21(18)22)14-17-7-11-20(23-2)12-8-17/h3-8,11-14H,9-10H2,1-2H3/b18-13+,19-14?. The van der Waals surface area contributed by atoms with E-state index in [1.54, 1.807) is 7.11 Å². The Morgan fingerprint density at radius 1 is 0.826 bits per heavy atom. The summed E-state index contributed by atoms with van der Waals surface area (Å²) in [6, 6.07) is 16.0. The van der Waals surface area contributed by atoms with Crippen molar-refractivity contribution in [2.24, 2.45) is 0 Å². The van der Waals surface area contributed by atoms with Gasteiger partial charge in [0.05, 0.1) is 7.11 Å². The fourth-order valence-corrected chi connectivity index (χ4v) is 2.74. The molecular formula is C21H20O2. The molecule has 0 amide bonds. The number of ether oxygens (including phenoxy) is 1. The molecule has 0 bridgehead atoms. The van der Waals surface area contributed by atoms with Gasteiger partial charge in [0.2, 0.25) is 0 Å². The Morgan fingerprint density at radius 3 is 1.78 bits per heavy atom. The summed E-state index contributed by atoms with van der Waals surface area (Å²) in [6.45, 7) is 2.06. The first-order valence-electron chi connectivity index (χ1n) is 7.82. The zero-order chi connectivity index (χ0) is 16.2. The Hall–Kier alpha value is -2.61. The lowest BCUT2D eigenvalue weighted by Crippen LogP contribution is -1.95. The van der Waals surface area contributed by atoms with Crippen LogP contribution in [-0.4, -0.2) is 12.9 Å². The van der Waals surface area contributed by atoms with Crippen molar-refractivity contribution in [1.29, 1.82) is 0 Å². The van der Waals surface area contributed by atoms with Crippen molar-refractivity contribution in [3.63, 3.8) is 0 Å². The van der Waals surface area contributed by atoms with Crippen molar-refractivity contribution < 1.29 is 9.53 Å². The number of benzene rings is 2. The van der Waals surface area contributed by atoms with Gasteiger partial charge in [-0.15, -0.1) is 0 Å². The molecule has 2 heteroatoms. The predicted molar refractivity (Wildman–Crippen MR) is 94.4 cm³/mol. The van der Waals surface area contributed by atoms with Gasteiger partial charge in [0.25, 0.3) is 0 Å². The van der Waals surface area contributed by atoms with Crippen LogP contribution in [0.1, 0.15) is 29.5 Å². The summed E-state index contributed by atoms with van der Waals surface area (Å²) < 4.78 is 5.16. The third kappa shape index (κ3) is 3.59. The van der Waals surface area contributed by atoms with Crippen molar-refractivity contribution in [1.82, 2.24) is 0 Å². The van der Waals surface area contributed by atoms with Gasteiger partial charge in [-0.05, 0) is 55.2 Å². The normalized spacial score (nSPS) is 17.9. The number of methoxy groups -OCH3 is 1. The summed E-state index contributed by atoms with van der Waals surface area (Å²) >= 11 is 0. The van der Waals surface area contributed by atoms with Gasteiger partial charge in [0.15, 0.2) is 5.78 Å². The van der Waals surface area contributed by atoms with E-state index in [0.717, 1.165) is 40.9 Å². The molecule has 0 spiro atoms. The number of carbonyl (C=O) groups excluding carboxylic acids is 1. The molecule has 1 fully saturated rings. The Labute approximate surface area is 137 Å². The zero-order valence-electron chi connectivity index (χ0n) is 13.5. The molecule has 2 aromatic rings. The van der Waals surface area contributed by atoms with E-state index in [0.29, 0.717) is 0 Å². The topological polar surface area (TPSA) is 26.3 Å². The summed E-state index contributed by atoms with van der Waals surface area (Å²) in [6.07, 6.45) is 5.62. The van der Waals surface area contributed by atoms with Gasteiger partial charge in [-0.3, -0.25) is 4.79 Å². The second-order valence-electron chi connectivity index (χ2n) is 5.85.